The zero-order valence-electron chi connectivity index (χ0n) is 9.60. The molecule has 2 nitrogen and oxygen atoms in total. The summed E-state index contributed by atoms with van der Waals surface area (Å²) in [5.74, 6) is 2.99. The number of aliphatic hydroxyl groups is 2. The van der Waals surface area contributed by atoms with Gasteiger partial charge in [-0.25, -0.2) is 0 Å². The molecule has 0 saturated heterocycles. The molecule has 3 aliphatic rings. The van der Waals surface area contributed by atoms with E-state index in [0.717, 1.165) is 30.6 Å². The van der Waals surface area contributed by atoms with Crippen LogP contribution in [0.1, 0.15) is 25.7 Å². The first-order valence-corrected chi connectivity index (χ1v) is 6.45. The second kappa shape index (κ2) is 4.01. The maximum Gasteiger partial charge on any atom is 0.0468 e. The van der Waals surface area contributed by atoms with E-state index >= 15 is 0 Å². The highest BCUT2D eigenvalue weighted by molar-refractivity contribution is 5.31. The molecular formula is C14H20O2. The summed E-state index contributed by atoms with van der Waals surface area (Å²) >= 11 is 0. The standard InChI is InChI=1S/C14H20O2/c15-3-1-9-5-12-11-7-10(2-4-16)13(8-11)14(12)6-9/h6-7,11-16H,1-5,8H2. The summed E-state index contributed by atoms with van der Waals surface area (Å²) in [5, 5.41) is 18.0. The lowest BCUT2D eigenvalue weighted by Gasteiger charge is -2.24. The number of rotatable bonds is 4. The van der Waals surface area contributed by atoms with Crippen LogP contribution in [0.4, 0.5) is 0 Å². The van der Waals surface area contributed by atoms with Crippen LogP contribution >= 0.6 is 0 Å². The van der Waals surface area contributed by atoms with Crippen LogP contribution in [-0.4, -0.2) is 23.4 Å². The van der Waals surface area contributed by atoms with Gasteiger partial charge >= 0.3 is 0 Å². The minimum atomic E-state index is 0.289. The Balaban J connectivity index is 1.75. The van der Waals surface area contributed by atoms with Crippen molar-refractivity contribution < 1.29 is 10.2 Å². The quantitative estimate of drug-likeness (QED) is 0.710. The van der Waals surface area contributed by atoms with Gasteiger partial charge in [0.25, 0.3) is 0 Å². The van der Waals surface area contributed by atoms with Gasteiger partial charge in [-0.1, -0.05) is 23.3 Å². The molecule has 2 bridgehead atoms. The van der Waals surface area contributed by atoms with Crippen LogP contribution in [0.25, 0.3) is 0 Å². The fourth-order valence-corrected chi connectivity index (χ4v) is 4.09. The zero-order chi connectivity index (χ0) is 11.1. The van der Waals surface area contributed by atoms with Crippen molar-refractivity contribution in [2.75, 3.05) is 13.2 Å². The van der Waals surface area contributed by atoms with Crippen LogP contribution in [0, 0.1) is 23.7 Å². The van der Waals surface area contributed by atoms with Crippen LogP contribution in [0.3, 0.4) is 0 Å². The average molecular weight is 220 g/mol. The predicted octanol–water partition coefficient (Wildman–Crippen LogP) is 1.89. The van der Waals surface area contributed by atoms with Crippen molar-refractivity contribution >= 4 is 0 Å². The van der Waals surface area contributed by atoms with Crippen molar-refractivity contribution in [1.82, 2.24) is 0 Å². The highest BCUT2D eigenvalue weighted by Gasteiger charge is 2.48. The average Bonchev–Trinajstić information content (AvgIpc) is 2.88. The van der Waals surface area contributed by atoms with Gasteiger partial charge in [0.2, 0.25) is 0 Å². The van der Waals surface area contributed by atoms with Gasteiger partial charge < -0.3 is 10.2 Å². The fourth-order valence-electron chi connectivity index (χ4n) is 4.09. The van der Waals surface area contributed by atoms with Crippen molar-refractivity contribution in [3.8, 4) is 0 Å². The molecule has 2 N–H and O–H groups in total. The molecule has 0 radical (unpaired) electrons. The molecule has 4 unspecified atom stereocenters. The Kier molecular flexibility index (Phi) is 2.64. The molecule has 0 spiro atoms. The molecular weight excluding hydrogens is 200 g/mol. The molecule has 1 saturated carbocycles. The SMILES string of the molecule is OCCC1=CC2C3CC(C=C3CCO)C2C1. The summed E-state index contributed by atoms with van der Waals surface area (Å²) in [6.45, 7) is 0.581. The van der Waals surface area contributed by atoms with Gasteiger partial charge in [0, 0.05) is 13.2 Å². The van der Waals surface area contributed by atoms with Crippen LogP contribution in [0.15, 0.2) is 23.3 Å². The van der Waals surface area contributed by atoms with Gasteiger partial charge in [-0.3, -0.25) is 0 Å². The lowest BCUT2D eigenvalue weighted by atomic mass is 9.81. The fraction of sp³-hybridized carbons (Fsp3) is 0.714. The summed E-state index contributed by atoms with van der Waals surface area (Å²) in [7, 11) is 0. The Morgan fingerprint density at radius 3 is 2.69 bits per heavy atom. The molecule has 0 aromatic heterocycles. The smallest absolute Gasteiger partial charge is 0.0468 e. The van der Waals surface area contributed by atoms with Gasteiger partial charge in [0.05, 0.1) is 0 Å². The third kappa shape index (κ3) is 1.47. The molecule has 0 heterocycles. The highest BCUT2D eigenvalue weighted by atomic mass is 16.3. The van der Waals surface area contributed by atoms with Crippen LogP contribution in [0.5, 0.6) is 0 Å². The maximum absolute atomic E-state index is 9.04. The molecule has 16 heavy (non-hydrogen) atoms. The van der Waals surface area contributed by atoms with Gasteiger partial charge in [-0.05, 0) is 49.4 Å². The van der Waals surface area contributed by atoms with Crippen molar-refractivity contribution in [3.05, 3.63) is 23.3 Å². The Hall–Kier alpha value is -0.600. The number of hydrogen-bond acceptors (Lipinski definition) is 2. The number of fused-ring (bicyclic) bond motifs is 5. The first kappa shape index (κ1) is 10.5. The summed E-state index contributed by atoms with van der Waals surface area (Å²) < 4.78 is 0. The van der Waals surface area contributed by atoms with Crippen LogP contribution in [-0.2, 0) is 0 Å². The molecule has 1 fully saturated rings. The summed E-state index contributed by atoms with van der Waals surface area (Å²) in [4.78, 5) is 0. The van der Waals surface area contributed by atoms with Crippen molar-refractivity contribution in [3.63, 3.8) is 0 Å². The molecule has 0 aliphatic heterocycles. The monoisotopic (exact) mass is 220 g/mol. The second-order valence-electron chi connectivity index (χ2n) is 5.47. The molecule has 0 aromatic rings. The lowest BCUT2D eigenvalue weighted by Crippen LogP contribution is -2.17. The summed E-state index contributed by atoms with van der Waals surface area (Å²) in [6.07, 6.45) is 9.10. The Morgan fingerprint density at radius 2 is 1.94 bits per heavy atom. The van der Waals surface area contributed by atoms with Gasteiger partial charge in [-0.2, -0.15) is 0 Å². The van der Waals surface area contributed by atoms with Crippen molar-refractivity contribution in [2.45, 2.75) is 25.7 Å². The van der Waals surface area contributed by atoms with E-state index in [1.165, 1.54) is 24.0 Å². The molecule has 88 valence electrons. The normalized spacial score (nSPS) is 39.9. The van der Waals surface area contributed by atoms with Crippen LogP contribution in [0.2, 0.25) is 0 Å². The van der Waals surface area contributed by atoms with Crippen molar-refractivity contribution in [2.24, 2.45) is 23.7 Å². The summed E-state index contributed by atoms with van der Waals surface area (Å²) in [6, 6.07) is 0. The Morgan fingerprint density at radius 1 is 1.12 bits per heavy atom. The lowest BCUT2D eigenvalue weighted by molar-refractivity contribution is 0.287. The van der Waals surface area contributed by atoms with Crippen LogP contribution < -0.4 is 0 Å². The molecule has 0 amide bonds. The zero-order valence-corrected chi connectivity index (χ0v) is 9.60. The number of allylic oxidation sites excluding steroid dienone is 2. The van der Waals surface area contributed by atoms with E-state index in [1.807, 2.05) is 0 Å². The molecule has 3 rings (SSSR count). The topological polar surface area (TPSA) is 40.5 Å². The Bertz CT molecular complexity index is 343. The van der Waals surface area contributed by atoms with E-state index in [1.54, 1.807) is 0 Å². The summed E-state index contributed by atoms with van der Waals surface area (Å²) in [5.41, 5.74) is 2.96. The van der Waals surface area contributed by atoms with E-state index in [2.05, 4.69) is 12.2 Å². The van der Waals surface area contributed by atoms with E-state index in [-0.39, 0.29) is 6.61 Å². The predicted molar refractivity (Wildman–Crippen MR) is 62.8 cm³/mol. The minimum absolute atomic E-state index is 0.289. The minimum Gasteiger partial charge on any atom is -0.396 e. The molecule has 2 heteroatoms. The first-order valence-electron chi connectivity index (χ1n) is 6.45. The third-order valence-electron chi connectivity index (χ3n) is 4.70. The van der Waals surface area contributed by atoms with Gasteiger partial charge in [0.15, 0.2) is 0 Å². The van der Waals surface area contributed by atoms with E-state index < -0.39 is 0 Å². The largest absolute Gasteiger partial charge is 0.396 e. The maximum atomic E-state index is 9.04. The Labute approximate surface area is 96.7 Å². The van der Waals surface area contributed by atoms with Gasteiger partial charge in [-0.15, -0.1) is 0 Å². The molecule has 0 aromatic carbocycles. The number of hydrogen-bond donors (Lipinski definition) is 2. The molecule has 4 atom stereocenters. The number of aliphatic hydroxyl groups excluding tert-OH is 2. The second-order valence-corrected chi connectivity index (χ2v) is 5.47. The first-order chi connectivity index (χ1) is 7.83. The molecule has 3 aliphatic carbocycles. The van der Waals surface area contributed by atoms with E-state index in [0.29, 0.717) is 12.5 Å². The van der Waals surface area contributed by atoms with E-state index in [4.69, 9.17) is 10.2 Å². The highest BCUT2D eigenvalue weighted by Crippen LogP contribution is 2.57. The third-order valence-corrected chi connectivity index (χ3v) is 4.70. The van der Waals surface area contributed by atoms with E-state index in [9.17, 15) is 0 Å². The van der Waals surface area contributed by atoms with Gasteiger partial charge in [0.1, 0.15) is 0 Å². The van der Waals surface area contributed by atoms with Crippen molar-refractivity contribution in [1.29, 1.82) is 0 Å².